The van der Waals surface area contributed by atoms with Crippen molar-refractivity contribution in [3.8, 4) is 23.0 Å². The molecule has 0 saturated heterocycles. The van der Waals surface area contributed by atoms with E-state index < -0.39 is 11.8 Å². The first-order chi connectivity index (χ1) is 17.0. The first-order valence-electron chi connectivity index (χ1n) is 11.6. The van der Waals surface area contributed by atoms with Gasteiger partial charge in [-0.05, 0) is 61.9 Å². The molecule has 1 aromatic heterocycles. The number of imide groups is 1. The molecule has 7 heteroatoms. The largest absolute Gasteiger partial charge is 0.274 e. The average molecular weight is 483 g/mol. The summed E-state index contributed by atoms with van der Waals surface area (Å²) in [6.45, 7) is 5.72. The lowest BCUT2D eigenvalue weighted by atomic mass is 9.93. The summed E-state index contributed by atoms with van der Waals surface area (Å²) in [6.07, 6.45) is 4.72. The Kier molecular flexibility index (Phi) is 7.33. The van der Waals surface area contributed by atoms with Crippen molar-refractivity contribution in [2.24, 2.45) is 0 Å². The highest BCUT2D eigenvalue weighted by molar-refractivity contribution is 7.99. The van der Waals surface area contributed by atoms with E-state index in [0.29, 0.717) is 16.8 Å². The molecule has 1 aliphatic heterocycles. The first-order valence-corrected chi connectivity index (χ1v) is 12.5. The zero-order chi connectivity index (χ0) is 24.9. The molecule has 2 amide bonds. The topological polar surface area (TPSA) is 79.0 Å². The molecule has 0 saturated carbocycles. The van der Waals surface area contributed by atoms with Crippen LogP contribution in [0.15, 0.2) is 82.4 Å². The molecule has 0 aliphatic carbocycles. The second-order valence-corrected chi connectivity index (χ2v) is 9.28. The molecule has 0 unspecified atom stereocenters. The van der Waals surface area contributed by atoms with Crippen LogP contribution in [-0.4, -0.2) is 38.8 Å². The van der Waals surface area contributed by atoms with Crippen LogP contribution in [0.2, 0.25) is 0 Å². The van der Waals surface area contributed by atoms with Crippen LogP contribution >= 0.6 is 11.8 Å². The minimum Gasteiger partial charge on any atom is -0.274 e. The van der Waals surface area contributed by atoms with Crippen molar-refractivity contribution < 1.29 is 9.59 Å². The third-order valence-corrected chi connectivity index (χ3v) is 7.02. The number of amides is 2. The molecule has 0 spiro atoms. The van der Waals surface area contributed by atoms with E-state index in [1.807, 2.05) is 66.5 Å². The summed E-state index contributed by atoms with van der Waals surface area (Å²) >= 11 is 1.81. The van der Waals surface area contributed by atoms with E-state index in [-0.39, 0.29) is 12.1 Å². The number of likely N-dealkylation sites (N-methyl/N-ethyl adjacent to an activating group) is 1. The van der Waals surface area contributed by atoms with Crippen molar-refractivity contribution in [1.29, 1.82) is 5.26 Å². The zero-order valence-electron chi connectivity index (χ0n) is 20.0. The Hall–Kier alpha value is -3.89. The normalized spacial score (nSPS) is 15.1. The average Bonchev–Trinajstić information content (AvgIpc) is 3.31. The van der Waals surface area contributed by atoms with E-state index in [9.17, 15) is 14.9 Å². The summed E-state index contributed by atoms with van der Waals surface area (Å²) in [7, 11) is 0. The van der Waals surface area contributed by atoms with Gasteiger partial charge in [-0.2, -0.15) is 10.4 Å². The van der Waals surface area contributed by atoms with Gasteiger partial charge in [-0.15, -0.1) is 11.8 Å². The van der Waals surface area contributed by atoms with Crippen LogP contribution in [0.1, 0.15) is 32.8 Å². The number of benzene rings is 2. The summed E-state index contributed by atoms with van der Waals surface area (Å²) in [6, 6.07) is 19.9. The van der Waals surface area contributed by atoms with Crippen LogP contribution in [0, 0.1) is 11.3 Å². The van der Waals surface area contributed by atoms with Crippen molar-refractivity contribution in [2.45, 2.75) is 32.1 Å². The summed E-state index contributed by atoms with van der Waals surface area (Å²) in [5.74, 6) is 0.106. The Morgan fingerprint density at radius 1 is 1.03 bits per heavy atom. The van der Waals surface area contributed by atoms with Gasteiger partial charge in [0.1, 0.15) is 11.6 Å². The van der Waals surface area contributed by atoms with E-state index in [2.05, 4.69) is 19.1 Å². The standard InChI is InChI=1S/C28H26N4O2S/c1-4-15-35-23-13-11-20(12-14-23)26-21(18-32(30-26)22-9-7-6-8-10-22)16-24-19(3)25(17-29)28(34)31(5-2)27(24)33/h6-14,16,18H,4-5,15H2,1-3H3/b24-16-. The maximum atomic E-state index is 13.2. The fourth-order valence-corrected chi connectivity index (χ4v) is 4.70. The molecule has 0 N–H and O–H groups in total. The van der Waals surface area contributed by atoms with E-state index in [4.69, 9.17) is 5.10 Å². The fraction of sp³-hybridized carbons (Fsp3) is 0.214. The number of carbonyl (C=O) groups excluding carboxylic acids is 2. The highest BCUT2D eigenvalue weighted by Crippen LogP contribution is 2.32. The third kappa shape index (κ3) is 4.84. The van der Waals surface area contributed by atoms with Gasteiger partial charge in [0.05, 0.1) is 11.4 Å². The van der Waals surface area contributed by atoms with Gasteiger partial charge in [-0.3, -0.25) is 14.5 Å². The Morgan fingerprint density at radius 2 is 1.74 bits per heavy atom. The molecule has 0 fully saturated rings. The number of hydrogen-bond acceptors (Lipinski definition) is 5. The highest BCUT2D eigenvalue weighted by atomic mass is 32.2. The molecular formula is C28H26N4O2S. The molecule has 176 valence electrons. The van der Waals surface area contributed by atoms with E-state index in [1.165, 1.54) is 4.90 Å². The summed E-state index contributed by atoms with van der Waals surface area (Å²) in [5.41, 5.74) is 3.96. The lowest BCUT2D eigenvalue weighted by Crippen LogP contribution is -2.42. The summed E-state index contributed by atoms with van der Waals surface area (Å²) in [5, 5.41) is 14.4. The van der Waals surface area contributed by atoms with Crippen LogP contribution in [0.5, 0.6) is 0 Å². The number of para-hydroxylation sites is 1. The second kappa shape index (κ2) is 10.6. The Morgan fingerprint density at radius 3 is 2.37 bits per heavy atom. The van der Waals surface area contributed by atoms with Crippen molar-refractivity contribution >= 4 is 29.7 Å². The third-order valence-electron chi connectivity index (χ3n) is 5.81. The number of carbonyl (C=O) groups is 2. The highest BCUT2D eigenvalue weighted by Gasteiger charge is 2.34. The van der Waals surface area contributed by atoms with Gasteiger partial charge in [0.15, 0.2) is 0 Å². The van der Waals surface area contributed by atoms with Gasteiger partial charge >= 0.3 is 0 Å². The Balaban J connectivity index is 1.86. The number of thioether (sulfide) groups is 1. The Bertz CT molecular complexity index is 1360. The van der Waals surface area contributed by atoms with Gasteiger partial charge < -0.3 is 0 Å². The van der Waals surface area contributed by atoms with Crippen LogP contribution in [0.4, 0.5) is 0 Å². The number of aromatic nitrogens is 2. The van der Waals surface area contributed by atoms with E-state index in [1.54, 1.807) is 24.6 Å². The first kappa shape index (κ1) is 24.2. The van der Waals surface area contributed by atoms with Crippen LogP contribution in [0.3, 0.4) is 0 Å². The number of nitriles is 1. The minimum atomic E-state index is -0.546. The molecular weight excluding hydrogens is 456 g/mol. The quantitative estimate of drug-likeness (QED) is 0.247. The van der Waals surface area contributed by atoms with Crippen molar-refractivity contribution in [3.63, 3.8) is 0 Å². The van der Waals surface area contributed by atoms with Crippen LogP contribution in [-0.2, 0) is 9.59 Å². The maximum absolute atomic E-state index is 13.2. The Labute approximate surface area is 209 Å². The molecule has 2 heterocycles. The zero-order valence-corrected chi connectivity index (χ0v) is 20.8. The molecule has 0 radical (unpaired) electrons. The monoisotopic (exact) mass is 482 g/mol. The van der Waals surface area contributed by atoms with Gasteiger partial charge in [-0.25, -0.2) is 4.68 Å². The van der Waals surface area contributed by atoms with Gasteiger partial charge in [-0.1, -0.05) is 37.3 Å². The van der Waals surface area contributed by atoms with Crippen molar-refractivity contribution in [3.05, 3.63) is 83.1 Å². The second-order valence-electron chi connectivity index (χ2n) is 8.11. The van der Waals surface area contributed by atoms with Gasteiger partial charge in [0.25, 0.3) is 11.8 Å². The van der Waals surface area contributed by atoms with E-state index in [0.717, 1.165) is 33.9 Å². The van der Waals surface area contributed by atoms with Crippen LogP contribution < -0.4 is 0 Å². The molecule has 4 rings (SSSR count). The number of rotatable bonds is 7. The number of hydrogen-bond donors (Lipinski definition) is 0. The molecule has 1 aliphatic rings. The smallest absolute Gasteiger partial charge is 0.271 e. The molecule has 35 heavy (non-hydrogen) atoms. The molecule has 2 aromatic carbocycles. The number of nitrogens with zero attached hydrogens (tertiary/aromatic N) is 4. The minimum absolute atomic E-state index is 0.00740. The summed E-state index contributed by atoms with van der Waals surface area (Å²) in [4.78, 5) is 28.0. The van der Waals surface area contributed by atoms with Gasteiger partial charge in [0, 0.05) is 34.3 Å². The molecule has 0 atom stereocenters. The van der Waals surface area contributed by atoms with Crippen molar-refractivity contribution in [1.82, 2.24) is 14.7 Å². The maximum Gasteiger partial charge on any atom is 0.271 e. The predicted octanol–water partition coefficient (Wildman–Crippen LogP) is 5.65. The van der Waals surface area contributed by atoms with E-state index >= 15 is 0 Å². The van der Waals surface area contributed by atoms with Crippen molar-refractivity contribution in [2.75, 3.05) is 12.3 Å². The molecule has 0 bridgehead atoms. The summed E-state index contributed by atoms with van der Waals surface area (Å²) < 4.78 is 1.78. The fourth-order valence-electron chi connectivity index (χ4n) is 3.93. The molecule has 3 aromatic rings. The lowest BCUT2D eigenvalue weighted by Gasteiger charge is -2.26. The van der Waals surface area contributed by atoms with Crippen LogP contribution in [0.25, 0.3) is 23.0 Å². The lowest BCUT2D eigenvalue weighted by molar-refractivity contribution is -0.140. The van der Waals surface area contributed by atoms with Gasteiger partial charge in [0.2, 0.25) is 0 Å². The molecule has 6 nitrogen and oxygen atoms in total. The predicted molar refractivity (Wildman–Crippen MR) is 139 cm³/mol. The SMILES string of the molecule is CCCSc1ccc(-c2nn(-c3ccccc3)cc2/C=C2\C(=O)N(CC)C(=O)C(C#N)=C2C)cc1.